The molecule has 0 unspecified atom stereocenters. The summed E-state index contributed by atoms with van der Waals surface area (Å²) in [6.45, 7) is 7.80. The zero-order chi connectivity index (χ0) is 17.9. The molecule has 7 heteroatoms. The number of aryl methyl sites for hydroxylation is 1. The molecule has 3 N–H and O–H groups in total. The highest BCUT2D eigenvalue weighted by Gasteiger charge is 2.31. The second kappa shape index (κ2) is 6.98. The van der Waals surface area contributed by atoms with E-state index in [-0.39, 0.29) is 11.5 Å². The number of nitrogens with two attached hydrogens (primary N) is 1. The smallest absolute Gasteiger partial charge is 0.382 e. The highest BCUT2D eigenvalue weighted by molar-refractivity contribution is 5.73. The van der Waals surface area contributed by atoms with Crippen LogP contribution in [0, 0.1) is 6.92 Å². The van der Waals surface area contributed by atoms with Crippen LogP contribution in [0.15, 0.2) is 30.5 Å². The molecule has 0 aliphatic rings. The van der Waals surface area contributed by atoms with E-state index in [0.717, 1.165) is 36.6 Å². The molecule has 0 amide bonds. The van der Waals surface area contributed by atoms with Crippen molar-refractivity contribution in [3.8, 4) is 0 Å². The Morgan fingerprint density at radius 1 is 1.12 bits per heavy atom. The van der Waals surface area contributed by atoms with Gasteiger partial charge < -0.3 is 16.0 Å². The summed E-state index contributed by atoms with van der Waals surface area (Å²) < 4.78 is 38.5. The minimum atomic E-state index is -4.46. The van der Waals surface area contributed by atoms with Crippen LogP contribution in [-0.2, 0) is 6.18 Å². The lowest BCUT2D eigenvalue weighted by Crippen LogP contribution is -2.21. The molecule has 4 nitrogen and oxygen atoms in total. The number of nitrogen functional groups attached to an aromatic ring is 1. The van der Waals surface area contributed by atoms with Crippen molar-refractivity contribution in [1.29, 1.82) is 0 Å². The fraction of sp³-hybridized carbons (Fsp3) is 0.353. The maximum absolute atomic E-state index is 12.8. The Balaban J connectivity index is 2.32. The lowest BCUT2D eigenvalue weighted by atomic mass is 10.1. The van der Waals surface area contributed by atoms with E-state index in [2.05, 4.69) is 29.0 Å². The lowest BCUT2D eigenvalue weighted by molar-refractivity contribution is -0.137. The van der Waals surface area contributed by atoms with E-state index in [1.807, 2.05) is 25.1 Å². The Bertz CT molecular complexity index is 709. The summed E-state index contributed by atoms with van der Waals surface area (Å²) in [5.74, 6) is 0.0234. The molecule has 1 aromatic carbocycles. The van der Waals surface area contributed by atoms with Gasteiger partial charge in [0.2, 0.25) is 0 Å². The van der Waals surface area contributed by atoms with E-state index < -0.39 is 11.7 Å². The lowest BCUT2D eigenvalue weighted by Gasteiger charge is -2.22. The van der Waals surface area contributed by atoms with Crippen LogP contribution in [0.2, 0.25) is 0 Å². The van der Waals surface area contributed by atoms with Crippen LogP contribution in [0.1, 0.15) is 25.0 Å². The van der Waals surface area contributed by atoms with E-state index in [4.69, 9.17) is 5.73 Å². The molecule has 0 atom stereocenters. The highest BCUT2D eigenvalue weighted by atomic mass is 19.4. The summed E-state index contributed by atoms with van der Waals surface area (Å²) in [4.78, 5) is 5.82. The number of rotatable bonds is 5. The molecule has 0 aliphatic carbocycles. The number of pyridine rings is 1. The van der Waals surface area contributed by atoms with Crippen molar-refractivity contribution in [2.75, 3.05) is 29.0 Å². The van der Waals surface area contributed by atoms with Gasteiger partial charge in [-0.15, -0.1) is 0 Å². The Morgan fingerprint density at radius 2 is 1.79 bits per heavy atom. The van der Waals surface area contributed by atoms with Gasteiger partial charge in [0.25, 0.3) is 0 Å². The first-order valence-corrected chi connectivity index (χ1v) is 7.71. The van der Waals surface area contributed by atoms with Gasteiger partial charge in [-0.2, -0.15) is 13.2 Å². The van der Waals surface area contributed by atoms with Crippen LogP contribution < -0.4 is 16.0 Å². The number of hydrogen-bond donors (Lipinski definition) is 2. The van der Waals surface area contributed by atoms with Gasteiger partial charge in [-0.25, -0.2) is 4.98 Å². The van der Waals surface area contributed by atoms with Crippen molar-refractivity contribution >= 4 is 22.9 Å². The number of alkyl halides is 3. The first-order valence-electron chi connectivity index (χ1n) is 7.71. The first kappa shape index (κ1) is 17.9. The summed E-state index contributed by atoms with van der Waals surface area (Å²) in [5.41, 5.74) is 7.68. The van der Waals surface area contributed by atoms with E-state index in [0.29, 0.717) is 5.69 Å². The molecule has 130 valence electrons. The molecule has 0 bridgehead atoms. The minimum absolute atomic E-state index is 0.0234. The fourth-order valence-corrected chi connectivity index (χ4v) is 2.45. The molecule has 0 spiro atoms. The zero-order valence-corrected chi connectivity index (χ0v) is 13.9. The predicted octanol–water partition coefficient (Wildman–Crippen LogP) is 4.58. The average molecular weight is 338 g/mol. The van der Waals surface area contributed by atoms with E-state index in [1.165, 1.54) is 0 Å². The van der Waals surface area contributed by atoms with Crippen LogP contribution >= 0.6 is 0 Å². The van der Waals surface area contributed by atoms with Crippen LogP contribution in [0.3, 0.4) is 0 Å². The highest BCUT2D eigenvalue weighted by Crippen LogP contribution is 2.33. The summed E-state index contributed by atoms with van der Waals surface area (Å²) in [7, 11) is 0. The molecule has 2 aromatic rings. The van der Waals surface area contributed by atoms with Crippen LogP contribution in [-0.4, -0.2) is 18.1 Å². The maximum Gasteiger partial charge on any atom is 0.417 e. The number of benzene rings is 1. The second-order valence-corrected chi connectivity index (χ2v) is 5.45. The van der Waals surface area contributed by atoms with E-state index >= 15 is 0 Å². The normalized spacial score (nSPS) is 11.4. The number of hydrogen-bond acceptors (Lipinski definition) is 4. The fourth-order valence-electron chi connectivity index (χ4n) is 2.45. The molecule has 0 fully saturated rings. The largest absolute Gasteiger partial charge is 0.417 e. The van der Waals surface area contributed by atoms with Crippen molar-refractivity contribution in [1.82, 2.24) is 4.98 Å². The van der Waals surface area contributed by atoms with Gasteiger partial charge in [-0.05, 0) is 50.6 Å². The van der Waals surface area contributed by atoms with Crippen molar-refractivity contribution in [2.45, 2.75) is 26.9 Å². The third-order valence-corrected chi connectivity index (χ3v) is 3.85. The van der Waals surface area contributed by atoms with Gasteiger partial charge >= 0.3 is 6.18 Å². The Labute approximate surface area is 139 Å². The van der Waals surface area contributed by atoms with Gasteiger partial charge in [0.05, 0.1) is 11.3 Å². The molecule has 0 aliphatic heterocycles. The van der Waals surface area contributed by atoms with Gasteiger partial charge in [0.15, 0.2) is 0 Å². The van der Waals surface area contributed by atoms with Crippen molar-refractivity contribution < 1.29 is 13.2 Å². The van der Waals surface area contributed by atoms with Crippen molar-refractivity contribution in [3.63, 3.8) is 0 Å². The average Bonchev–Trinajstić information content (AvgIpc) is 2.52. The first-order chi connectivity index (χ1) is 11.3. The molecule has 1 heterocycles. The molecule has 0 saturated heterocycles. The number of nitrogens with zero attached hydrogens (tertiary/aromatic N) is 2. The molecule has 0 saturated carbocycles. The predicted molar refractivity (Wildman–Crippen MR) is 91.7 cm³/mol. The number of aromatic nitrogens is 1. The van der Waals surface area contributed by atoms with Crippen LogP contribution in [0.25, 0.3) is 0 Å². The van der Waals surface area contributed by atoms with Crippen molar-refractivity contribution in [2.24, 2.45) is 0 Å². The third kappa shape index (κ3) is 3.90. The van der Waals surface area contributed by atoms with Gasteiger partial charge in [0.1, 0.15) is 5.82 Å². The summed E-state index contributed by atoms with van der Waals surface area (Å²) in [6, 6.07) is 6.73. The number of halogens is 3. The van der Waals surface area contributed by atoms with Crippen molar-refractivity contribution in [3.05, 3.63) is 41.6 Å². The molecular formula is C17H21F3N4. The minimum Gasteiger partial charge on any atom is -0.382 e. The third-order valence-electron chi connectivity index (χ3n) is 3.85. The molecule has 1 aromatic heterocycles. The van der Waals surface area contributed by atoms with Gasteiger partial charge in [0, 0.05) is 30.7 Å². The topological polar surface area (TPSA) is 54.2 Å². The molecular weight excluding hydrogens is 317 g/mol. The quantitative estimate of drug-likeness (QED) is 0.838. The van der Waals surface area contributed by atoms with E-state index in [9.17, 15) is 13.2 Å². The number of nitrogens with one attached hydrogen (secondary N) is 1. The molecule has 24 heavy (non-hydrogen) atoms. The maximum atomic E-state index is 12.8. The van der Waals surface area contributed by atoms with Gasteiger partial charge in [-0.1, -0.05) is 0 Å². The summed E-state index contributed by atoms with van der Waals surface area (Å²) in [5, 5.41) is 2.95. The Kier molecular flexibility index (Phi) is 5.21. The molecule has 0 radical (unpaired) electrons. The Hall–Kier alpha value is -2.44. The summed E-state index contributed by atoms with van der Waals surface area (Å²) in [6.07, 6.45) is -3.73. The second-order valence-electron chi connectivity index (χ2n) is 5.45. The van der Waals surface area contributed by atoms with E-state index in [1.54, 1.807) is 0 Å². The molecule has 2 rings (SSSR count). The number of anilines is 4. The Morgan fingerprint density at radius 3 is 2.33 bits per heavy atom. The van der Waals surface area contributed by atoms with Crippen LogP contribution in [0.5, 0.6) is 0 Å². The van der Waals surface area contributed by atoms with Gasteiger partial charge in [-0.3, -0.25) is 0 Å². The van der Waals surface area contributed by atoms with Crippen LogP contribution in [0.4, 0.5) is 36.1 Å². The summed E-state index contributed by atoms with van der Waals surface area (Å²) >= 11 is 0. The SMILES string of the molecule is CCN(CC)c1ccc(Nc2cc(C(F)(F)F)cnc2N)c(C)c1. The standard InChI is InChI=1S/C17H21F3N4/c1-4-24(5-2)13-6-7-14(11(3)8-13)23-15-9-12(17(18,19)20)10-22-16(15)21/h6-10,23H,4-5H2,1-3H3,(H2,21,22). The zero-order valence-electron chi connectivity index (χ0n) is 13.9. The monoisotopic (exact) mass is 338 g/mol.